The van der Waals surface area contributed by atoms with Crippen molar-refractivity contribution in [2.45, 2.75) is 19.3 Å². The molecule has 32 heavy (non-hydrogen) atoms. The van der Waals surface area contributed by atoms with Crippen molar-refractivity contribution in [2.24, 2.45) is 12.0 Å². The fraction of sp³-hybridized carbons (Fsp3) is 0.333. The van der Waals surface area contributed by atoms with E-state index in [0.717, 1.165) is 47.0 Å². The Morgan fingerprint density at radius 2 is 2.06 bits per heavy atom. The van der Waals surface area contributed by atoms with Crippen LogP contribution in [0, 0.1) is 5.82 Å². The van der Waals surface area contributed by atoms with Crippen LogP contribution in [-0.2, 0) is 34.2 Å². The number of carbonyl (C=O) groups is 3. The molecular formula is C21H20FN3O4S3. The van der Waals surface area contributed by atoms with Gasteiger partial charge in [0.1, 0.15) is 10.8 Å². The van der Waals surface area contributed by atoms with E-state index in [9.17, 15) is 18.8 Å². The highest BCUT2D eigenvalue weighted by molar-refractivity contribution is 8.00. The molecule has 0 spiro atoms. The molecule has 1 N–H and O–H groups in total. The second kappa shape index (κ2) is 9.55. The van der Waals surface area contributed by atoms with Crippen LogP contribution in [0.25, 0.3) is 10.2 Å². The Morgan fingerprint density at radius 3 is 2.84 bits per heavy atom. The molecule has 1 aliphatic carbocycles. The van der Waals surface area contributed by atoms with Gasteiger partial charge in [-0.25, -0.2) is 9.18 Å². The molecule has 4 rings (SSSR count). The molecular weight excluding hydrogens is 473 g/mol. The van der Waals surface area contributed by atoms with E-state index in [-0.39, 0.29) is 29.1 Å². The maximum Gasteiger partial charge on any atom is 0.341 e. The molecule has 1 aromatic carbocycles. The number of anilines is 1. The van der Waals surface area contributed by atoms with Crippen LogP contribution in [0.3, 0.4) is 0 Å². The van der Waals surface area contributed by atoms with Gasteiger partial charge in [-0.3, -0.25) is 9.59 Å². The van der Waals surface area contributed by atoms with E-state index in [0.29, 0.717) is 20.1 Å². The summed E-state index contributed by atoms with van der Waals surface area (Å²) in [7, 11) is 3.09. The summed E-state index contributed by atoms with van der Waals surface area (Å²) in [4.78, 5) is 42.5. The van der Waals surface area contributed by atoms with Crippen molar-refractivity contribution >= 4 is 67.4 Å². The third-order valence-electron chi connectivity index (χ3n) is 5.01. The van der Waals surface area contributed by atoms with Crippen molar-refractivity contribution in [3.63, 3.8) is 0 Å². The molecule has 168 valence electrons. The number of thiazole rings is 1. The van der Waals surface area contributed by atoms with Crippen LogP contribution >= 0.6 is 34.4 Å². The van der Waals surface area contributed by atoms with Gasteiger partial charge in [0.25, 0.3) is 5.91 Å². The number of fused-ring (bicyclic) bond motifs is 2. The summed E-state index contributed by atoms with van der Waals surface area (Å²) >= 11 is 3.78. The van der Waals surface area contributed by atoms with Crippen LogP contribution in [0.15, 0.2) is 23.2 Å². The minimum absolute atomic E-state index is 0.0286. The number of methoxy groups -OCH3 is 1. The van der Waals surface area contributed by atoms with Gasteiger partial charge in [-0.05, 0) is 43.0 Å². The molecule has 3 aromatic rings. The van der Waals surface area contributed by atoms with Gasteiger partial charge in [-0.1, -0.05) is 11.3 Å². The maximum atomic E-state index is 13.4. The lowest BCUT2D eigenvalue weighted by molar-refractivity contribution is -0.115. The minimum atomic E-state index is -0.447. The van der Waals surface area contributed by atoms with Gasteiger partial charge < -0.3 is 14.6 Å². The first-order chi connectivity index (χ1) is 15.4. The number of aryl methyl sites for hydroxylation is 2. The topological polar surface area (TPSA) is 89.8 Å². The fourth-order valence-electron chi connectivity index (χ4n) is 3.56. The number of nitrogens with one attached hydrogen (secondary N) is 1. The first-order valence-corrected chi connectivity index (χ1v) is 12.6. The summed E-state index contributed by atoms with van der Waals surface area (Å²) in [6.45, 7) is 0. The van der Waals surface area contributed by atoms with Gasteiger partial charge in [0.2, 0.25) is 5.91 Å². The lowest BCUT2D eigenvalue weighted by Crippen LogP contribution is -2.18. The van der Waals surface area contributed by atoms with Crippen LogP contribution in [0.2, 0.25) is 0 Å². The van der Waals surface area contributed by atoms with E-state index in [4.69, 9.17) is 4.74 Å². The molecule has 2 heterocycles. The summed E-state index contributed by atoms with van der Waals surface area (Å²) in [6, 6.07) is 4.42. The normalized spacial score (nSPS) is 13.4. The van der Waals surface area contributed by atoms with Crippen molar-refractivity contribution in [1.82, 2.24) is 4.57 Å². The Hall–Kier alpha value is -2.50. The van der Waals surface area contributed by atoms with Crippen molar-refractivity contribution < 1.29 is 23.5 Å². The van der Waals surface area contributed by atoms with Gasteiger partial charge in [0.05, 0.1) is 34.4 Å². The number of aromatic nitrogens is 1. The average Bonchev–Trinajstić information content (AvgIpc) is 3.41. The minimum Gasteiger partial charge on any atom is -0.465 e. The monoisotopic (exact) mass is 493 g/mol. The molecule has 7 nitrogen and oxygen atoms in total. The molecule has 0 saturated carbocycles. The molecule has 2 amide bonds. The van der Waals surface area contributed by atoms with Crippen molar-refractivity contribution in [1.29, 1.82) is 0 Å². The van der Waals surface area contributed by atoms with Gasteiger partial charge in [-0.15, -0.1) is 23.1 Å². The SMILES string of the molecule is COC(=O)c1c(NC(=O)CSCC(=O)N=c2sc3cc(F)ccc3n2C)sc2c1CCC2. The summed E-state index contributed by atoms with van der Waals surface area (Å²) in [5, 5.41) is 3.30. The molecule has 0 unspecified atom stereocenters. The van der Waals surface area contributed by atoms with Crippen LogP contribution < -0.4 is 10.1 Å². The molecule has 0 saturated heterocycles. The van der Waals surface area contributed by atoms with Crippen molar-refractivity contribution in [3.05, 3.63) is 44.8 Å². The zero-order valence-electron chi connectivity index (χ0n) is 17.4. The third kappa shape index (κ3) is 4.64. The second-order valence-electron chi connectivity index (χ2n) is 7.16. The largest absolute Gasteiger partial charge is 0.465 e. The summed E-state index contributed by atoms with van der Waals surface area (Å²) < 4.78 is 20.7. The smallest absolute Gasteiger partial charge is 0.341 e. The number of hydrogen-bond donors (Lipinski definition) is 1. The number of thiophene rings is 1. The van der Waals surface area contributed by atoms with Gasteiger partial charge in [-0.2, -0.15) is 4.99 Å². The van der Waals surface area contributed by atoms with Crippen LogP contribution in [-0.4, -0.2) is 41.0 Å². The molecule has 2 aromatic heterocycles. The predicted octanol–water partition coefficient (Wildman–Crippen LogP) is 3.51. The van der Waals surface area contributed by atoms with E-state index in [1.165, 1.54) is 41.9 Å². The third-order valence-corrected chi connectivity index (χ3v) is 8.23. The molecule has 0 bridgehead atoms. The number of esters is 1. The maximum absolute atomic E-state index is 13.4. The number of benzene rings is 1. The first-order valence-electron chi connectivity index (χ1n) is 9.80. The quantitative estimate of drug-likeness (QED) is 0.531. The molecule has 1 aliphatic rings. The van der Waals surface area contributed by atoms with Gasteiger partial charge >= 0.3 is 5.97 Å². The van der Waals surface area contributed by atoms with Crippen LogP contribution in [0.1, 0.15) is 27.2 Å². The molecule has 0 aliphatic heterocycles. The molecule has 11 heteroatoms. The number of amides is 2. The zero-order valence-corrected chi connectivity index (χ0v) is 19.8. The van der Waals surface area contributed by atoms with E-state index in [1.54, 1.807) is 17.7 Å². The summed E-state index contributed by atoms with van der Waals surface area (Å²) in [6.07, 6.45) is 2.69. The van der Waals surface area contributed by atoms with E-state index in [1.807, 2.05) is 0 Å². The Bertz CT molecular complexity index is 1290. The Morgan fingerprint density at radius 1 is 1.25 bits per heavy atom. The zero-order chi connectivity index (χ0) is 22.8. The van der Waals surface area contributed by atoms with Gasteiger partial charge in [0, 0.05) is 11.9 Å². The van der Waals surface area contributed by atoms with Crippen LogP contribution in [0.4, 0.5) is 9.39 Å². The van der Waals surface area contributed by atoms with Crippen LogP contribution in [0.5, 0.6) is 0 Å². The summed E-state index contributed by atoms with van der Waals surface area (Å²) in [5.41, 5.74) is 2.21. The highest BCUT2D eigenvalue weighted by Crippen LogP contribution is 2.39. The highest BCUT2D eigenvalue weighted by Gasteiger charge is 2.28. The predicted molar refractivity (Wildman–Crippen MR) is 125 cm³/mol. The number of hydrogen-bond acceptors (Lipinski definition) is 7. The standard InChI is InChI=1S/C21H20FN3O4S3/c1-25-13-7-6-11(22)8-15(13)32-21(25)24-17(27)10-30-9-16(26)23-19-18(20(28)29-2)12-4-3-5-14(12)31-19/h6-8H,3-5,9-10H2,1-2H3,(H,23,26). The molecule has 0 radical (unpaired) electrons. The van der Waals surface area contributed by atoms with Gasteiger partial charge in [0.15, 0.2) is 4.80 Å². The highest BCUT2D eigenvalue weighted by atomic mass is 32.2. The first kappa shape index (κ1) is 22.7. The average molecular weight is 494 g/mol. The molecule has 0 fully saturated rings. The summed E-state index contributed by atoms with van der Waals surface area (Å²) in [5.74, 6) is -1.39. The number of carbonyl (C=O) groups excluding carboxylic acids is 3. The second-order valence-corrected chi connectivity index (χ2v) is 10.3. The number of halogens is 1. The van der Waals surface area contributed by atoms with Crippen molar-refractivity contribution in [2.75, 3.05) is 23.9 Å². The Labute approximate surface area is 195 Å². The number of nitrogens with zero attached hydrogens (tertiary/aromatic N) is 2. The molecule has 0 atom stereocenters. The fourth-order valence-corrected chi connectivity index (χ4v) is 6.51. The Balaban J connectivity index is 1.37. The number of rotatable bonds is 6. The Kier molecular flexibility index (Phi) is 6.77. The number of thioether (sulfide) groups is 1. The van der Waals surface area contributed by atoms with Crippen molar-refractivity contribution in [3.8, 4) is 0 Å². The lowest BCUT2D eigenvalue weighted by Gasteiger charge is -2.06. The lowest BCUT2D eigenvalue weighted by atomic mass is 10.1. The van der Waals surface area contributed by atoms with E-state index >= 15 is 0 Å². The van der Waals surface area contributed by atoms with E-state index < -0.39 is 5.97 Å². The number of ether oxygens (including phenoxy) is 1. The van der Waals surface area contributed by atoms with E-state index in [2.05, 4.69) is 10.3 Å².